The van der Waals surface area contributed by atoms with E-state index in [2.05, 4.69) is 76.2 Å². The minimum absolute atomic E-state index is 0.0205. The maximum atomic E-state index is 6.34. The van der Waals surface area contributed by atoms with Crippen molar-refractivity contribution in [3.05, 3.63) is 0 Å². The van der Waals surface area contributed by atoms with E-state index in [-0.39, 0.29) is 47.8 Å². The quantitative estimate of drug-likeness (QED) is 0.709. The van der Waals surface area contributed by atoms with E-state index in [0.29, 0.717) is 0 Å². The summed E-state index contributed by atoms with van der Waals surface area (Å²) in [6, 6.07) is 0. The van der Waals surface area contributed by atoms with Crippen LogP contribution in [0.5, 0.6) is 0 Å². The highest BCUT2D eigenvalue weighted by molar-refractivity contribution is 6.68. The van der Waals surface area contributed by atoms with Crippen LogP contribution in [0.4, 0.5) is 0 Å². The molecule has 0 amide bonds. The van der Waals surface area contributed by atoms with Gasteiger partial charge in [-0.25, -0.2) is 0 Å². The first-order valence-corrected chi connectivity index (χ1v) is 9.19. The molecular formula is C18H36B2O4. The van der Waals surface area contributed by atoms with E-state index < -0.39 is 0 Å². The van der Waals surface area contributed by atoms with Crippen molar-refractivity contribution in [2.45, 2.75) is 111 Å². The molecule has 2 fully saturated rings. The molecule has 0 saturated carbocycles. The molecule has 24 heavy (non-hydrogen) atoms. The highest BCUT2D eigenvalue weighted by atomic mass is 16.7. The van der Waals surface area contributed by atoms with Crippen LogP contribution in [-0.4, -0.2) is 36.6 Å². The Labute approximate surface area is 149 Å². The average molecular weight is 338 g/mol. The molecule has 0 aromatic carbocycles. The van der Waals surface area contributed by atoms with Gasteiger partial charge in [-0.3, -0.25) is 0 Å². The van der Waals surface area contributed by atoms with E-state index in [1.54, 1.807) is 0 Å². The Kier molecular flexibility index (Phi) is 4.85. The summed E-state index contributed by atoms with van der Waals surface area (Å²) >= 11 is 0. The first kappa shape index (κ1) is 20.3. The molecule has 2 aliphatic rings. The minimum Gasteiger partial charge on any atom is -0.403 e. The lowest BCUT2D eigenvalue weighted by atomic mass is 9.48. The van der Waals surface area contributed by atoms with E-state index in [9.17, 15) is 0 Å². The molecule has 2 rings (SSSR count). The Morgan fingerprint density at radius 3 is 1.08 bits per heavy atom. The van der Waals surface area contributed by atoms with Gasteiger partial charge in [0, 0.05) is 5.72 Å². The molecule has 6 heteroatoms. The first-order valence-electron chi connectivity index (χ1n) is 9.19. The van der Waals surface area contributed by atoms with Gasteiger partial charge in [0.1, 0.15) is 0 Å². The lowest BCUT2D eigenvalue weighted by molar-refractivity contribution is 0.00578. The summed E-state index contributed by atoms with van der Waals surface area (Å²) in [6.45, 7) is 23.4. The van der Waals surface area contributed by atoms with Gasteiger partial charge in [-0.1, -0.05) is 20.8 Å². The molecule has 0 unspecified atom stereocenters. The first-order chi connectivity index (χ1) is 10.5. The average Bonchev–Trinajstić information content (AvgIpc) is 2.64. The standard InChI is InChI=1S/C18H36B2O4/c1-14(2,3)12-13(19-21-15(4,5)16(6,7)22-19)20-23-17(8,9)18(10,11)24-20/h13H,12H2,1-11H3. The monoisotopic (exact) mass is 338 g/mol. The second kappa shape index (κ2) is 5.73. The summed E-state index contributed by atoms with van der Waals surface area (Å²) in [5.41, 5.74) is -1.26. The number of hydrogen-bond acceptors (Lipinski definition) is 4. The van der Waals surface area contributed by atoms with Gasteiger partial charge in [-0.15, -0.1) is 0 Å². The molecule has 0 aromatic heterocycles. The Morgan fingerprint density at radius 2 is 0.875 bits per heavy atom. The molecule has 0 bridgehead atoms. The van der Waals surface area contributed by atoms with Gasteiger partial charge in [0.05, 0.1) is 22.4 Å². The van der Waals surface area contributed by atoms with Crippen LogP contribution in [0.25, 0.3) is 0 Å². The summed E-state index contributed by atoms with van der Waals surface area (Å²) in [5, 5.41) is 0. The van der Waals surface area contributed by atoms with Crippen molar-refractivity contribution in [3.8, 4) is 0 Å². The highest BCUT2D eigenvalue weighted by Crippen LogP contribution is 2.48. The maximum Gasteiger partial charge on any atom is 0.458 e. The van der Waals surface area contributed by atoms with Crippen molar-refractivity contribution in [2.24, 2.45) is 5.41 Å². The molecule has 2 saturated heterocycles. The number of hydrogen-bond donors (Lipinski definition) is 0. The van der Waals surface area contributed by atoms with E-state index in [1.165, 1.54) is 0 Å². The van der Waals surface area contributed by atoms with Gasteiger partial charge < -0.3 is 18.6 Å². The molecule has 0 N–H and O–H groups in total. The van der Waals surface area contributed by atoms with Crippen LogP contribution in [0.3, 0.4) is 0 Å². The van der Waals surface area contributed by atoms with Gasteiger partial charge in [0.25, 0.3) is 0 Å². The molecular weight excluding hydrogens is 302 g/mol. The van der Waals surface area contributed by atoms with Gasteiger partial charge in [-0.2, -0.15) is 0 Å². The lowest BCUT2D eigenvalue weighted by Gasteiger charge is -2.32. The number of rotatable bonds is 3. The van der Waals surface area contributed by atoms with Gasteiger partial charge in [-0.05, 0) is 67.2 Å². The zero-order chi connectivity index (χ0) is 18.8. The SMILES string of the molecule is CC(C)(C)CC(B1OC(C)(C)C(C)(C)O1)B1OC(C)(C)C(C)(C)O1. The van der Waals surface area contributed by atoms with Gasteiger partial charge in [0.15, 0.2) is 0 Å². The van der Waals surface area contributed by atoms with Crippen LogP contribution in [0.2, 0.25) is 5.72 Å². The summed E-state index contributed by atoms with van der Waals surface area (Å²) in [7, 11) is -0.659. The Hall–Kier alpha value is -0.0301. The summed E-state index contributed by atoms with van der Waals surface area (Å²) < 4.78 is 25.4. The molecule has 0 aliphatic carbocycles. The van der Waals surface area contributed by atoms with Crippen molar-refractivity contribution in [1.82, 2.24) is 0 Å². The predicted molar refractivity (Wildman–Crippen MR) is 100.0 cm³/mol. The van der Waals surface area contributed by atoms with Crippen molar-refractivity contribution >= 4 is 14.2 Å². The molecule has 0 aromatic rings. The molecule has 0 atom stereocenters. The van der Waals surface area contributed by atoms with Crippen LogP contribution >= 0.6 is 0 Å². The predicted octanol–water partition coefficient (Wildman–Crippen LogP) is 4.52. The molecule has 138 valence electrons. The van der Waals surface area contributed by atoms with Gasteiger partial charge in [0.2, 0.25) is 0 Å². The molecule has 2 aliphatic heterocycles. The second-order valence-electron chi connectivity index (χ2n) is 10.7. The van der Waals surface area contributed by atoms with E-state index in [4.69, 9.17) is 18.6 Å². The van der Waals surface area contributed by atoms with Crippen molar-refractivity contribution < 1.29 is 18.6 Å². The fraction of sp³-hybridized carbons (Fsp3) is 1.00. The van der Waals surface area contributed by atoms with E-state index >= 15 is 0 Å². The zero-order valence-corrected chi connectivity index (χ0v) is 17.6. The summed E-state index contributed by atoms with van der Waals surface area (Å²) in [5.74, 6) is 0. The fourth-order valence-corrected chi connectivity index (χ4v) is 3.15. The van der Waals surface area contributed by atoms with Crippen molar-refractivity contribution in [1.29, 1.82) is 0 Å². The fourth-order valence-electron chi connectivity index (χ4n) is 3.15. The molecule has 2 heterocycles. The molecule has 0 radical (unpaired) electrons. The Bertz CT molecular complexity index is 412. The van der Waals surface area contributed by atoms with Crippen LogP contribution < -0.4 is 0 Å². The molecule has 0 spiro atoms. The zero-order valence-electron chi connectivity index (χ0n) is 17.6. The Morgan fingerprint density at radius 1 is 0.625 bits per heavy atom. The van der Waals surface area contributed by atoms with E-state index in [1.807, 2.05) is 0 Å². The third-order valence-corrected chi connectivity index (χ3v) is 6.09. The minimum atomic E-state index is -0.350. The maximum absolute atomic E-state index is 6.34. The lowest BCUT2D eigenvalue weighted by Crippen LogP contribution is -2.41. The second-order valence-corrected chi connectivity index (χ2v) is 10.7. The molecule has 4 nitrogen and oxygen atoms in total. The normalized spacial score (nSPS) is 28.0. The van der Waals surface area contributed by atoms with Crippen LogP contribution in [0.15, 0.2) is 0 Å². The van der Waals surface area contributed by atoms with Gasteiger partial charge >= 0.3 is 14.2 Å². The smallest absolute Gasteiger partial charge is 0.403 e. The largest absolute Gasteiger partial charge is 0.458 e. The van der Waals surface area contributed by atoms with Crippen LogP contribution in [0.1, 0.15) is 82.6 Å². The highest BCUT2D eigenvalue weighted by Gasteiger charge is 2.62. The van der Waals surface area contributed by atoms with Crippen molar-refractivity contribution in [2.75, 3.05) is 0 Å². The third kappa shape index (κ3) is 3.72. The topological polar surface area (TPSA) is 36.9 Å². The van der Waals surface area contributed by atoms with Crippen LogP contribution in [-0.2, 0) is 18.6 Å². The Balaban J connectivity index is 2.28. The van der Waals surface area contributed by atoms with Crippen molar-refractivity contribution in [3.63, 3.8) is 0 Å². The summed E-state index contributed by atoms with van der Waals surface area (Å²) in [4.78, 5) is 0. The summed E-state index contributed by atoms with van der Waals surface area (Å²) in [6.07, 6.45) is 0.903. The van der Waals surface area contributed by atoms with E-state index in [0.717, 1.165) is 6.42 Å². The van der Waals surface area contributed by atoms with Crippen LogP contribution in [0, 0.1) is 5.41 Å². The third-order valence-electron chi connectivity index (χ3n) is 6.09.